The average molecular weight is 262 g/mol. The number of imide groups is 1. The van der Waals surface area contributed by atoms with Gasteiger partial charge < -0.3 is 0 Å². The fourth-order valence-electron chi connectivity index (χ4n) is 1.29. The van der Waals surface area contributed by atoms with Gasteiger partial charge in [0.15, 0.2) is 5.69 Å². The van der Waals surface area contributed by atoms with Crippen molar-refractivity contribution in [3.05, 3.63) is 41.4 Å². The van der Waals surface area contributed by atoms with Crippen molar-refractivity contribution >= 4 is 29.0 Å². The summed E-state index contributed by atoms with van der Waals surface area (Å²) in [5, 5.41) is 6.05. The number of para-hydroxylation sites is 1. The van der Waals surface area contributed by atoms with Gasteiger partial charge in [0.2, 0.25) is 5.91 Å². The highest BCUT2D eigenvalue weighted by atomic mass is 32.1. The molecule has 0 spiro atoms. The quantitative estimate of drug-likeness (QED) is 0.849. The standard InChI is InChI=1S/C11H10N4O2S/c1-8(16)15(11(17)10-7-18-14-12-10)13-9-5-3-2-4-6-9/h2-7,13H,1H3. The van der Waals surface area contributed by atoms with E-state index < -0.39 is 11.8 Å². The predicted octanol–water partition coefficient (Wildman–Crippen LogP) is 1.55. The number of amides is 2. The minimum atomic E-state index is -0.528. The summed E-state index contributed by atoms with van der Waals surface area (Å²) < 4.78 is 3.60. The van der Waals surface area contributed by atoms with Gasteiger partial charge in [0.25, 0.3) is 0 Å². The van der Waals surface area contributed by atoms with Crippen LogP contribution in [0.25, 0.3) is 0 Å². The average Bonchev–Trinajstić information content (AvgIpc) is 2.90. The highest BCUT2D eigenvalue weighted by molar-refractivity contribution is 7.03. The number of rotatable bonds is 3. The molecule has 0 aliphatic rings. The highest BCUT2D eigenvalue weighted by Crippen LogP contribution is 2.10. The number of carbonyl (C=O) groups is 2. The third-order valence-corrected chi connectivity index (χ3v) is 2.62. The molecule has 1 aromatic carbocycles. The normalized spacial score (nSPS) is 9.83. The van der Waals surface area contributed by atoms with Crippen LogP contribution in [0, 0.1) is 0 Å². The minimum absolute atomic E-state index is 0.138. The van der Waals surface area contributed by atoms with Crippen LogP contribution in [-0.2, 0) is 4.79 Å². The molecule has 2 amide bonds. The topological polar surface area (TPSA) is 75.2 Å². The largest absolute Gasteiger partial charge is 0.300 e. The summed E-state index contributed by atoms with van der Waals surface area (Å²) in [6.07, 6.45) is 0. The summed E-state index contributed by atoms with van der Waals surface area (Å²) in [4.78, 5) is 23.5. The Labute approximate surface area is 107 Å². The number of hydrogen-bond donors (Lipinski definition) is 1. The van der Waals surface area contributed by atoms with Crippen LogP contribution in [0.1, 0.15) is 17.4 Å². The highest BCUT2D eigenvalue weighted by Gasteiger charge is 2.22. The van der Waals surface area contributed by atoms with E-state index in [1.807, 2.05) is 6.07 Å². The molecule has 1 N–H and O–H groups in total. The molecular weight excluding hydrogens is 252 g/mol. The zero-order valence-electron chi connectivity index (χ0n) is 9.53. The van der Waals surface area contributed by atoms with Gasteiger partial charge in [-0.25, -0.2) is 0 Å². The number of hydrogen-bond acceptors (Lipinski definition) is 6. The lowest BCUT2D eigenvalue weighted by atomic mass is 10.3. The van der Waals surface area contributed by atoms with Crippen molar-refractivity contribution < 1.29 is 9.59 Å². The van der Waals surface area contributed by atoms with E-state index in [2.05, 4.69) is 15.0 Å². The van der Waals surface area contributed by atoms with Crippen LogP contribution >= 0.6 is 11.5 Å². The van der Waals surface area contributed by atoms with E-state index in [4.69, 9.17) is 0 Å². The molecule has 6 nitrogen and oxygen atoms in total. The second-order valence-corrected chi connectivity index (χ2v) is 4.04. The van der Waals surface area contributed by atoms with Crippen molar-refractivity contribution in [3.63, 3.8) is 0 Å². The lowest BCUT2D eigenvalue weighted by molar-refractivity contribution is -0.125. The summed E-state index contributed by atoms with van der Waals surface area (Å²) in [5.74, 6) is -0.947. The Kier molecular flexibility index (Phi) is 3.63. The van der Waals surface area contributed by atoms with Gasteiger partial charge >= 0.3 is 5.91 Å². The van der Waals surface area contributed by atoms with Crippen molar-refractivity contribution in [2.45, 2.75) is 6.92 Å². The molecule has 0 fully saturated rings. The molecule has 0 saturated heterocycles. The van der Waals surface area contributed by atoms with Gasteiger partial charge in [-0.2, -0.15) is 5.01 Å². The van der Waals surface area contributed by atoms with Crippen LogP contribution in [0.5, 0.6) is 0 Å². The summed E-state index contributed by atoms with van der Waals surface area (Å²) in [6, 6.07) is 8.95. The summed E-state index contributed by atoms with van der Waals surface area (Å²) in [7, 11) is 0. The first-order valence-electron chi connectivity index (χ1n) is 5.12. The van der Waals surface area contributed by atoms with Gasteiger partial charge in [0, 0.05) is 12.3 Å². The Balaban J connectivity index is 2.19. The van der Waals surface area contributed by atoms with Crippen LogP contribution in [0.3, 0.4) is 0 Å². The monoisotopic (exact) mass is 262 g/mol. The van der Waals surface area contributed by atoms with Crippen LogP contribution in [-0.4, -0.2) is 26.4 Å². The molecule has 18 heavy (non-hydrogen) atoms. The van der Waals surface area contributed by atoms with E-state index in [-0.39, 0.29) is 5.69 Å². The third-order valence-electron chi connectivity index (χ3n) is 2.11. The number of aromatic nitrogens is 2. The van der Waals surface area contributed by atoms with E-state index in [1.54, 1.807) is 24.3 Å². The number of hydrazine groups is 1. The zero-order valence-corrected chi connectivity index (χ0v) is 10.3. The second kappa shape index (κ2) is 5.37. The van der Waals surface area contributed by atoms with Crippen molar-refractivity contribution in [1.82, 2.24) is 14.6 Å². The molecule has 0 unspecified atom stereocenters. The maximum atomic E-state index is 12.0. The van der Waals surface area contributed by atoms with Crippen LogP contribution < -0.4 is 5.43 Å². The Hall–Kier alpha value is -2.28. The molecule has 7 heteroatoms. The Morgan fingerprint density at radius 3 is 2.56 bits per heavy atom. The smallest absolute Gasteiger partial charge is 0.289 e. The van der Waals surface area contributed by atoms with Crippen molar-refractivity contribution in [3.8, 4) is 0 Å². The summed E-state index contributed by atoms with van der Waals surface area (Å²) >= 11 is 1.06. The first-order chi connectivity index (χ1) is 8.68. The Bertz CT molecular complexity index is 541. The van der Waals surface area contributed by atoms with Gasteiger partial charge in [-0.05, 0) is 23.7 Å². The van der Waals surface area contributed by atoms with E-state index in [0.29, 0.717) is 5.69 Å². The summed E-state index contributed by atoms with van der Waals surface area (Å²) in [6.45, 7) is 1.30. The lowest BCUT2D eigenvalue weighted by Gasteiger charge is -2.19. The van der Waals surface area contributed by atoms with Crippen molar-refractivity contribution in [1.29, 1.82) is 0 Å². The van der Waals surface area contributed by atoms with Crippen molar-refractivity contribution in [2.75, 3.05) is 5.43 Å². The molecule has 0 saturated carbocycles. The number of benzene rings is 1. The van der Waals surface area contributed by atoms with Crippen LogP contribution in [0.2, 0.25) is 0 Å². The lowest BCUT2D eigenvalue weighted by Crippen LogP contribution is -2.40. The first-order valence-corrected chi connectivity index (χ1v) is 5.96. The molecule has 92 valence electrons. The van der Waals surface area contributed by atoms with Gasteiger partial charge in [-0.1, -0.05) is 22.7 Å². The molecule has 2 aromatic rings. The molecule has 1 heterocycles. The van der Waals surface area contributed by atoms with Gasteiger partial charge in [0.05, 0.1) is 5.69 Å². The Morgan fingerprint density at radius 2 is 2.00 bits per heavy atom. The molecule has 0 bridgehead atoms. The van der Waals surface area contributed by atoms with E-state index in [0.717, 1.165) is 16.5 Å². The molecule has 2 rings (SSSR count). The SMILES string of the molecule is CC(=O)N(Nc1ccccc1)C(=O)c1csnn1. The first kappa shape index (κ1) is 12.2. The maximum Gasteiger partial charge on any atom is 0.300 e. The fourth-order valence-corrected chi connectivity index (χ4v) is 1.72. The van der Waals surface area contributed by atoms with E-state index >= 15 is 0 Å². The Morgan fingerprint density at radius 1 is 1.28 bits per heavy atom. The van der Waals surface area contributed by atoms with Crippen LogP contribution in [0.15, 0.2) is 35.7 Å². The second-order valence-electron chi connectivity index (χ2n) is 3.43. The van der Waals surface area contributed by atoms with Gasteiger partial charge in [-0.15, -0.1) is 5.10 Å². The maximum absolute atomic E-state index is 12.0. The van der Waals surface area contributed by atoms with Crippen molar-refractivity contribution in [2.24, 2.45) is 0 Å². The number of carbonyl (C=O) groups excluding carboxylic acids is 2. The molecule has 1 aromatic heterocycles. The van der Waals surface area contributed by atoms with E-state index in [9.17, 15) is 9.59 Å². The molecule has 0 radical (unpaired) electrons. The third kappa shape index (κ3) is 2.69. The molecule has 0 atom stereocenters. The number of nitrogens with zero attached hydrogens (tertiary/aromatic N) is 3. The fraction of sp³-hybridized carbons (Fsp3) is 0.0909. The summed E-state index contributed by atoms with van der Waals surface area (Å²) in [5.41, 5.74) is 3.52. The predicted molar refractivity (Wildman–Crippen MR) is 66.8 cm³/mol. The van der Waals surface area contributed by atoms with E-state index in [1.165, 1.54) is 12.3 Å². The minimum Gasteiger partial charge on any atom is -0.289 e. The van der Waals surface area contributed by atoms with Gasteiger partial charge in [-0.3, -0.25) is 15.0 Å². The molecule has 0 aliphatic carbocycles. The van der Waals surface area contributed by atoms with Gasteiger partial charge in [0.1, 0.15) is 0 Å². The molecule has 0 aliphatic heterocycles. The molecular formula is C11H10N4O2S. The zero-order chi connectivity index (χ0) is 13.0. The van der Waals surface area contributed by atoms with Crippen LogP contribution in [0.4, 0.5) is 5.69 Å². The number of nitrogens with one attached hydrogen (secondary N) is 1. The number of anilines is 1.